The number of hydrogen-bond donors (Lipinski definition) is 0. The summed E-state index contributed by atoms with van der Waals surface area (Å²) in [6, 6.07) is 4.42. The first-order chi connectivity index (χ1) is 17.8. The van der Waals surface area contributed by atoms with E-state index in [1.165, 1.54) is 18.2 Å². The molecule has 0 aliphatic heterocycles. The van der Waals surface area contributed by atoms with Gasteiger partial charge in [0.15, 0.2) is 0 Å². The molecule has 0 amide bonds. The highest BCUT2D eigenvalue weighted by Crippen LogP contribution is 2.20. The van der Waals surface area contributed by atoms with Crippen LogP contribution in [0.3, 0.4) is 0 Å². The largest absolute Gasteiger partial charge is 0.462 e. The molecule has 0 aromatic heterocycles. The predicted octanol–water partition coefficient (Wildman–Crippen LogP) is 8.03. The Kier molecular flexibility index (Phi) is 16.6. The van der Waals surface area contributed by atoms with E-state index in [0.29, 0.717) is 19.1 Å². The maximum Gasteiger partial charge on any atom is 0.339 e. The van der Waals surface area contributed by atoms with Crippen LogP contribution < -0.4 is 0 Å². The topological polar surface area (TPSA) is 78.9 Å². The molecule has 0 saturated heterocycles. The van der Waals surface area contributed by atoms with Crippen LogP contribution in [0, 0.1) is 17.8 Å². The van der Waals surface area contributed by atoms with Gasteiger partial charge in [-0.2, -0.15) is 0 Å². The second-order valence-corrected chi connectivity index (χ2v) is 10.1. The summed E-state index contributed by atoms with van der Waals surface area (Å²) in [5, 5.41) is 0. The van der Waals surface area contributed by atoms with E-state index in [0.717, 1.165) is 64.2 Å². The van der Waals surface area contributed by atoms with Crippen molar-refractivity contribution in [2.45, 2.75) is 106 Å². The van der Waals surface area contributed by atoms with Crippen molar-refractivity contribution < 1.29 is 28.6 Å². The van der Waals surface area contributed by atoms with E-state index < -0.39 is 17.9 Å². The van der Waals surface area contributed by atoms with Gasteiger partial charge >= 0.3 is 17.9 Å². The fraction of sp³-hybridized carbons (Fsp3) is 0.710. The van der Waals surface area contributed by atoms with E-state index in [4.69, 9.17) is 14.2 Å². The number of ether oxygens (including phenoxy) is 3. The lowest BCUT2D eigenvalue weighted by molar-refractivity contribution is 0.0380. The van der Waals surface area contributed by atoms with Crippen LogP contribution in [-0.4, -0.2) is 37.7 Å². The Hall–Kier alpha value is -2.37. The zero-order valence-electron chi connectivity index (χ0n) is 24.1. The number of esters is 3. The summed E-state index contributed by atoms with van der Waals surface area (Å²) in [7, 11) is 0. The van der Waals surface area contributed by atoms with Gasteiger partial charge in [-0.25, -0.2) is 14.4 Å². The fourth-order valence-electron chi connectivity index (χ4n) is 4.36. The zero-order valence-corrected chi connectivity index (χ0v) is 24.1. The van der Waals surface area contributed by atoms with Gasteiger partial charge in [-0.05, 0) is 55.2 Å². The average molecular weight is 519 g/mol. The highest BCUT2D eigenvalue weighted by molar-refractivity contribution is 6.05. The Labute approximate surface area is 224 Å². The number of carbonyl (C=O) groups is 3. The van der Waals surface area contributed by atoms with Gasteiger partial charge in [0.25, 0.3) is 0 Å². The Morgan fingerprint density at radius 3 is 1.51 bits per heavy atom. The van der Waals surface area contributed by atoms with E-state index >= 15 is 0 Å². The van der Waals surface area contributed by atoms with E-state index in [-0.39, 0.29) is 35.1 Å². The molecule has 0 aliphatic carbocycles. The van der Waals surface area contributed by atoms with Gasteiger partial charge in [-0.3, -0.25) is 0 Å². The number of unbranched alkanes of at least 4 members (excludes halogenated alkanes) is 1. The van der Waals surface area contributed by atoms with Gasteiger partial charge in [0.1, 0.15) is 0 Å². The van der Waals surface area contributed by atoms with Gasteiger partial charge < -0.3 is 14.2 Å². The number of rotatable bonds is 19. The van der Waals surface area contributed by atoms with Gasteiger partial charge in [0.2, 0.25) is 0 Å². The molecule has 6 nitrogen and oxygen atoms in total. The predicted molar refractivity (Wildman–Crippen MR) is 148 cm³/mol. The average Bonchev–Trinajstić information content (AvgIpc) is 2.92. The highest BCUT2D eigenvalue weighted by atomic mass is 16.5. The summed E-state index contributed by atoms with van der Waals surface area (Å²) in [5.74, 6) is -0.862. The SMILES string of the molecule is CCCCC(CC)COC(=O)c1ccc(C(=O)OCC(CC)CCC)c(C(=O)OCC(CC)CCC)c1. The van der Waals surface area contributed by atoms with Crippen molar-refractivity contribution >= 4 is 17.9 Å². The van der Waals surface area contributed by atoms with Crippen molar-refractivity contribution in [2.24, 2.45) is 17.8 Å². The lowest BCUT2D eigenvalue weighted by Crippen LogP contribution is -2.20. The van der Waals surface area contributed by atoms with E-state index in [1.54, 1.807) is 0 Å². The Morgan fingerprint density at radius 1 is 0.595 bits per heavy atom. The van der Waals surface area contributed by atoms with E-state index in [9.17, 15) is 14.4 Å². The summed E-state index contributed by atoms with van der Waals surface area (Å²) in [6.45, 7) is 13.5. The molecule has 0 N–H and O–H groups in total. The molecule has 0 spiro atoms. The van der Waals surface area contributed by atoms with Gasteiger partial charge in [-0.15, -0.1) is 0 Å². The van der Waals surface area contributed by atoms with Gasteiger partial charge in [0.05, 0.1) is 36.5 Å². The van der Waals surface area contributed by atoms with Crippen LogP contribution >= 0.6 is 0 Å². The van der Waals surface area contributed by atoms with Crippen LogP contribution in [0.25, 0.3) is 0 Å². The maximum absolute atomic E-state index is 13.1. The number of hydrogen-bond acceptors (Lipinski definition) is 6. The first-order valence-electron chi connectivity index (χ1n) is 14.5. The molecular formula is C31H50O6. The van der Waals surface area contributed by atoms with Crippen molar-refractivity contribution in [3.05, 3.63) is 34.9 Å². The van der Waals surface area contributed by atoms with Crippen molar-refractivity contribution in [2.75, 3.05) is 19.8 Å². The second-order valence-electron chi connectivity index (χ2n) is 10.1. The molecule has 0 aliphatic rings. The molecule has 0 radical (unpaired) electrons. The minimum atomic E-state index is -0.619. The first-order valence-corrected chi connectivity index (χ1v) is 14.5. The Bertz CT molecular complexity index is 818. The smallest absolute Gasteiger partial charge is 0.339 e. The highest BCUT2D eigenvalue weighted by Gasteiger charge is 2.24. The summed E-state index contributed by atoms with van der Waals surface area (Å²) in [5.41, 5.74) is 0.394. The molecule has 0 bridgehead atoms. The molecule has 1 aromatic rings. The van der Waals surface area contributed by atoms with Gasteiger partial charge in [-0.1, -0.05) is 86.5 Å². The lowest BCUT2D eigenvalue weighted by Gasteiger charge is -2.17. The molecule has 0 saturated carbocycles. The number of benzene rings is 1. The third kappa shape index (κ3) is 11.7. The van der Waals surface area contributed by atoms with Crippen LogP contribution in [0.4, 0.5) is 0 Å². The van der Waals surface area contributed by atoms with Crippen LogP contribution in [-0.2, 0) is 14.2 Å². The summed E-state index contributed by atoms with van der Waals surface area (Å²) in [6.07, 6.45) is 9.88. The van der Waals surface area contributed by atoms with Crippen LogP contribution in [0.15, 0.2) is 18.2 Å². The van der Waals surface area contributed by atoms with Crippen LogP contribution in [0.5, 0.6) is 0 Å². The maximum atomic E-state index is 13.1. The van der Waals surface area contributed by atoms with Crippen LogP contribution in [0.2, 0.25) is 0 Å². The third-order valence-corrected chi connectivity index (χ3v) is 7.14. The molecule has 0 fully saturated rings. The van der Waals surface area contributed by atoms with Crippen molar-refractivity contribution in [1.82, 2.24) is 0 Å². The second kappa shape index (κ2) is 18.8. The lowest BCUT2D eigenvalue weighted by atomic mass is 10.0. The van der Waals surface area contributed by atoms with Crippen molar-refractivity contribution in [3.63, 3.8) is 0 Å². The van der Waals surface area contributed by atoms with Crippen molar-refractivity contribution in [1.29, 1.82) is 0 Å². The van der Waals surface area contributed by atoms with Crippen LogP contribution in [0.1, 0.15) is 137 Å². The molecule has 1 rings (SSSR count). The molecule has 3 unspecified atom stereocenters. The minimum absolute atomic E-state index is 0.0485. The summed E-state index contributed by atoms with van der Waals surface area (Å²) in [4.78, 5) is 38.9. The zero-order chi connectivity index (χ0) is 27.6. The van der Waals surface area contributed by atoms with Crippen molar-refractivity contribution in [3.8, 4) is 0 Å². The fourth-order valence-corrected chi connectivity index (χ4v) is 4.36. The summed E-state index contributed by atoms with van der Waals surface area (Å²) >= 11 is 0. The Morgan fingerprint density at radius 2 is 1.05 bits per heavy atom. The molecule has 1 aromatic carbocycles. The monoisotopic (exact) mass is 518 g/mol. The standard InChI is InChI=1S/C31H50O6/c1-7-13-16-25(12-6)22-35-29(32)26-17-18-27(30(33)36-20-23(10-4)14-8-2)28(19-26)31(34)37-21-24(11-5)15-9-3/h17-19,23-25H,7-16,20-22H2,1-6H3. The summed E-state index contributed by atoms with van der Waals surface area (Å²) < 4.78 is 16.8. The minimum Gasteiger partial charge on any atom is -0.462 e. The first kappa shape index (κ1) is 32.7. The molecule has 37 heavy (non-hydrogen) atoms. The quantitative estimate of drug-likeness (QED) is 0.136. The molecule has 0 heterocycles. The molecule has 210 valence electrons. The Balaban J connectivity index is 3.10. The van der Waals surface area contributed by atoms with Gasteiger partial charge in [0, 0.05) is 0 Å². The molecule has 3 atom stereocenters. The number of carbonyl (C=O) groups excluding carboxylic acids is 3. The third-order valence-electron chi connectivity index (χ3n) is 7.14. The molecular weight excluding hydrogens is 468 g/mol. The van der Waals surface area contributed by atoms with E-state index in [2.05, 4.69) is 41.5 Å². The van der Waals surface area contributed by atoms with E-state index in [1.807, 2.05) is 0 Å². The normalized spacial score (nSPS) is 13.5. The molecule has 6 heteroatoms.